The van der Waals surface area contributed by atoms with Gasteiger partial charge in [0.05, 0.1) is 8.66 Å². The van der Waals surface area contributed by atoms with E-state index in [1.165, 1.54) is 11.3 Å². The first-order chi connectivity index (χ1) is 7.99. The summed E-state index contributed by atoms with van der Waals surface area (Å²) in [6, 6.07) is 4.93. The molecule has 0 aliphatic heterocycles. The summed E-state index contributed by atoms with van der Waals surface area (Å²) in [4.78, 5) is 12.4. The summed E-state index contributed by atoms with van der Waals surface area (Å²) in [7, 11) is 0. The molecule has 6 heteroatoms. The Morgan fingerprint density at radius 2 is 1.88 bits per heavy atom. The van der Waals surface area contributed by atoms with Crippen LogP contribution in [0.3, 0.4) is 0 Å². The zero-order valence-electron chi connectivity index (χ0n) is 8.34. The van der Waals surface area contributed by atoms with Crippen LogP contribution in [0.5, 0.6) is 0 Å². The SMILES string of the molecule is Nc1cc(F)c(F)cc1C(=O)c1ccc(Br)s1. The van der Waals surface area contributed by atoms with Gasteiger partial charge >= 0.3 is 0 Å². The summed E-state index contributed by atoms with van der Waals surface area (Å²) in [5, 5.41) is 0. The van der Waals surface area contributed by atoms with E-state index in [0.29, 0.717) is 4.88 Å². The zero-order chi connectivity index (χ0) is 12.6. The van der Waals surface area contributed by atoms with Gasteiger partial charge in [0.15, 0.2) is 11.6 Å². The van der Waals surface area contributed by atoms with Crippen molar-refractivity contribution in [2.24, 2.45) is 0 Å². The first-order valence-electron chi connectivity index (χ1n) is 4.53. The molecule has 17 heavy (non-hydrogen) atoms. The third-order valence-electron chi connectivity index (χ3n) is 2.13. The zero-order valence-corrected chi connectivity index (χ0v) is 10.7. The normalized spacial score (nSPS) is 10.5. The molecule has 0 fully saturated rings. The lowest BCUT2D eigenvalue weighted by Crippen LogP contribution is -2.05. The highest BCUT2D eigenvalue weighted by Gasteiger charge is 2.17. The van der Waals surface area contributed by atoms with E-state index in [1.54, 1.807) is 12.1 Å². The fourth-order valence-corrected chi connectivity index (χ4v) is 2.67. The first-order valence-corrected chi connectivity index (χ1v) is 6.14. The molecule has 2 nitrogen and oxygen atoms in total. The molecule has 0 saturated heterocycles. The molecular formula is C11H6BrF2NOS. The second-order valence-corrected chi connectivity index (χ2v) is 5.75. The van der Waals surface area contributed by atoms with E-state index in [-0.39, 0.29) is 11.3 Å². The lowest BCUT2D eigenvalue weighted by atomic mass is 10.1. The highest BCUT2D eigenvalue weighted by atomic mass is 79.9. The average molecular weight is 318 g/mol. The molecule has 0 amide bonds. The number of carbonyl (C=O) groups excluding carboxylic acids is 1. The van der Waals surface area contributed by atoms with E-state index < -0.39 is 17.4 Å². The first kappa shape index (κ1) is 12.2. The Kier molecular flexibility index (Phi) is 3.26. The van der Waals surface area contributed by atoms with E-state index in [0.717, 1.165) is 15.9 Å². The molecule has 0 bridgehead atoms. The standard InChI is InChI=1S/C11H6BrF2NOS/c12-10-2-1-9(17-10)11(16)5-3-6(13)7(14)4-8(5)15/h1-4H,15H2. The van der Waals surface area contributed by atoms with Crippen LogP contribution in [-0.2, 0) is 0 Å². The summed E-state index contributed by atoms with van der Waals surface area (Å²) < 4.78 is 26.7. The molecule has 0 unspecified atom stereocenters. The molecule has 0 radical (unpaired) electrons. The minimum Gasteiger partial charge on any atom is -0.398 e. The van der Waals surface area contributed by atoms with Gasteiger partial charge in [0, 0.05) is 17.3 Å². The van der Waals surface area contributed by atoms with Crippen molar-refractivity contribution in [3.8, 4) is 0 Å². The summed E-state index contributed by atoms with van der Waals surface area (Å²) in [5.74, 6) is -2.57. The van der Waals surface area contributed by atoms with E-state index >= 15 is 0 Å². The molecule has 1 heterocycles. The summed E-state index contributed by atoms with van der Waals surface area (Å²) >= 11 is 4.42. The maximum Gasteiger partial charge on any atom is 0.205 e. The third kappa shape index (κ3) is 2.37. The number of hydrogen-bond acceptors (Lipinski definition) is 3. The quantitative estimate of drug-likeness (QED) is 0.679. The van der Waals surface area contributed by atoms with Gasteiger partial charge in [0.25, 0.3) is 0 Å². The molecule has 0 aliphatic carbocycles. The van der Waals surface area contributed by atoms with Gasteiger partial charge in [-0.3, -0.25) is 4.79 Å². The molecule has 2 rings (SSSR count). The monoisotopic (exact) mass is 317 g/mol. The Bertz CT molecular complexity index is 597. The van der Waals surface area contributed by atoms with Crippen LogP contribution in [0.25, 0.3) is 0 Å². The minimum atomic E-state index is -1.09. The second kappa shape index (κ2) is 4.54. The van der Waals surface area contributed by atoms with Gasteiger partial charge in [-0.05, 0) is 34.1 Å². The molecule has 88 valence electrons. The predicted octanol–water partition coefficient (Wildman–Crippen LogP) is 3.60. The van der Waals surface area contributed by atoms with Gasteiger partial charge in [-0.2, -0.15) is 0 Å². The van der Waals surface area contributed by atoms with E-state index in [2.05, 4.69) is 15.9 Å². The number of hydrogen-bond donors (Lipinski definition) is 1. The van der Waals surface area contributed by atoms with Crippen LogP contribution in [-0.4, -0.2) is 5.78 Å². The Morgan fingerprint density at radius 1 is 1.24 bits per heavy atom. The Labute approximate surface area is 108 Å². The Morgan fingerprint density at radius 3 is 2.47 bits per heavy atom. The number of nitrogens with two attached hydrogens (primary N) is 1. The molecule has 2 N–H and O–H groups in total. The van der Waals surface area contributed by atoms with Gasteiger partial charge in [0.2, 0.25) is 5.78 Å². The van der Waals surface area contributed by atoms with Crippen molar-refractivity contribution < 1.29 is 13.6 Å². The fraction of sp³-hybridized carbons (Fsp3) is 0. The predicted molar refractivity (Wildman–Crippen MR) is 66.2 cm³/mol. The smallest absolute Gasteiger partial charge is 0.205 e. The van der Waals surface area contributed by atoms with Gasteiger partial charge in [0.1, 0.15) is 0 Å². The van der Waals surface area contributed by atoms with Gasteiger partial charge < -0.3 is 5.73 Å². The maximum atomic E-state index is 13.1. The van der Waals surface area contributed by atoms with Crippen molar-refractivity contribution in [1.82, 2.24) is 0 Å². The van der Waals surface area contributed by atoms with E-state index in [9.17, 15) is 13.6 Å². The van der Waals surface area contributed by atoms with Crippen LogP contribution in [0.1, 0.15) is 15.2 Å². The number of rotatable bonds is 2. The Hall–Kier alpha value is -1.27. The summed E-state index contributed by atoms with van der Waals surface area (Å²) in [6.45, 7) is 0. The van der Waals surface area contributed by atoms with E-state index in [4.69, 9.17) is 5.73 Å². The highest BCUT2D eigenvalue weighted by Crippen LogP contribution is 2.27. The van der Waals surface area contributed by atoms with Gasteiger partial charge in [-0.15, -0.1) is 11.3 Å². The molecule has 0 saturated carbocycles. The molecule has 0 atom stereocenters. The minimum absolute atomic E-state index is 0.0294. The van der Waals surface area contributed by atoms with Crippen LogP contribution in [0.4, 0.5) is 14.5 Å². The van der Waals surface area contributed by atoms with Crippen molar-refractivity contribution in [2.75, 3.05) is 5.73 Å². The largest absolute Gasteiger partial charge is 0.398 e. The maximum absolute atomic E-state index is 13.1. The van der Waals surface area contributed by atoms with Crippen molar-refractivity contribution in [2.45, 2.75) is 0 Å². The molecule has 2 aromatic rings. The number of thiophene rings is 1. The fourth-order valence-electron chi connectivity index (χ4n) is 1.33. The lowest BCUT2D eigenvalue weighted by molar-refractivity contribution is 0.104. The van der Waals surface area contributed by atoms with Crippen LogP contribution in [0.2, 0.25) is 0 Å². The topological polar surface area (TPSA) is 43.1 Å². The van der Waals surface area contributed by atoms with Crippen LogP contribution in [0.15, 0.2) is 28.1 Å². The van der Waals surface area contributed by atoms with Gasteiger partial charge in [-0.25, -0.2) is 8.78 Å². The summed E-state index contributed by atoms with van der Waals surface area (Å²) in [6.07, 6.45) is 0. The number of carbonyl (C=O) groups is 1. The average Bonchev–Trinajstić information content (AvgIpc) is 2.69. The van der Waals surface area contributed by atoms with Crippen LogP contribution in [0, 0.1) is 11.6 Å². The lowest BCUT2D eigenvalue weighted by Gasteiger charge is -2.04. The van der Waals surface area contributed by atoms with Crippen molar-refractivity contribution in [1.29, 1.82) is 0 Å². The highest BCUT2D eigenvalue weighted by molar-refractivity contribution is 9.11. The molecular weight excluding hydrogens is 312 g/mol. The van der Waals surface area contributed by atoms with Crippen LogP contribution < -0.4 is 5.73 Å². The molecule has 1 aromatic heterocycles. The number of ketones is 1. The van der Waals surface area contributed by atoms with Crippen molar-refractivity contribution >= 4 is 38.7 Å². The summed E-state index contributed by atoms with van der Waals surface area (Å²) in [5.41, 5.74) is 5.40. The van der Waals surface area contributed by atoms with Crippen molar-refractivity contribution in [3.05, 3.63) is 50.1 Å². The third-order valence-corrected chi connectivity index (χ3v) is 3.76. The second-order valence-electron chi connectivity index (χ2n) is 3.29. The number of benzene rings is 1. The van der Waals surface area contributed by atoms with Gasteiger partial charge in [-0.1, -0.05) is 0 Å². The number of nitrogen functional groups attached to an aromatic ring is 1. The number of halogens is 3. The number of anilines is 1. The van der Waals surface area contributed by atoms with Crippen molar-refractivity contribution in [3.63, 3.8) is 0 Å². The molecule has 0 aliphatic rings. The molecule has 1 aromatic carbocycles. The Balaban J connectivity index is 2.47. The van der Waals surface area contributed by atoms with Crippen LogP contribution >= 0.6 is 27.3 Å². The molecule has 0 spiro atoms. The van der Waals surface area contributed by atoms with E-state index in [1.807, 2.05) is 0 Å².